The Labute approximate surface area is 172 Å². The van der Waals surface area contributed by atoms with E-state index in [2.05, 4.69) is 39.1 Å². The molecule has 3 aliphatic rings. The van der Waals surface area contributed by atoms with Crippen molar-refractivity contribution in [1.29, 1.82) is 0 Å². The average Bonchev–Trinajstić information content (AvgIpc) is 3.16. The maximum atomic E-state index is 6.14. The molecule has 2 N–H and O–H groups in total. The van der Waals surface area contributed by atoms with Gasteiger partial charge in [-0.05, 0) is 43.4 Å². The smallest absolute Gasteiger partial charge is 0.135 e. The number of nitrogens with zero attached hydrogens (tertiary/aromatic N) is 4. The first-order valence-corrected chi connectivity index (χ1v) is 10.8. The van der Waals surface area contributed by atoms with Crippen molar-refractivity contribution in [1.82, 2.24) is 9.80 Å². The van der Waals surface area contributed by atoms with E-state index in [9.17, 15) is 0 Å². The van der Waals surface area contributed by atoms with Crippen LogP contribution in [0, 0.1) is 0 Å². The Balaban J connectivity index is 1.40. The second-order valence-corrected chi connectivity index (χ2v) is 8.48. The molecule has 0 aliphatic carbocycles. The van der Waals surface area contributed by atoms with Gasteiger partial charge in [-0.15, -0.1) is 10.2 Å². The number of morpholine rings is 1. The zero-order valence-electron chi connectivity index (χ0n) is 16.6. The minimum absolute atomic E-state index is 0.340. The van der Waals surface area contributed by atoms with Crippen LogP contribution >= 0.6 is 11.6 Å². The quantitative estimate of drug-likeness (QED) is 0.839. The summed E-state index contributed by atoms with van der Waals surface area (Å²) in [6.07, 6.45) is 5.39. The minimum Gasteiger partial charge on any atom is -0.385 e. The molecule has 6 nitrogen and oxygen atoms in total. The Kier molecular flexibility index (Phi) is 6.19. The van der Waals surface area contributed by atoms with Gasteiger partial charge in [-0.1, -0.05) is 30.7 Å². The Bertz CT molecular complexity index is 727. The number of amidine groups is 2. The van der Waals surface area contributed by atoms with Crippen molar-refractivity contribution >= 4 is 23.3 Å². The van der Waals surface area contributed by atoms with Gasteiger partial charge in [0.15, 0.2) is 0 Å². The van der Waals surface area contributed by atoms with Gasteiger partial charge in [0.1, 0.15) is 11.7 Å². The molecule has 4 rings (SSSR count). The number of piperidine rings is 1. The van der Waals surface area contributed by atoms with Gasteiger partial charge in [-0.3, -0.25) is 4.90 Å². The third kappa shape index (κ3) is 4.50. The van der Waals surface area contributed by atoms with Gasteiger partial charge in [0.05, 0.1) is 19.1 Å². The molecule has 1 aromatic carbocycles. The van der Waals surface area contributed by atoms with E-state index in [-0.39, 0.29) is 0 Å². The molecular formula is C21H30ClN5O. The molecule has 2 atom stereocenters. The number of halogens is 1. The number of ether oxygens (including phenoxy) is 1. The van der Waals surface area contributed by atoms with Crippen LogP contribution < -0.4 is 5.73 Å². The maximum Gasteiger partial charge on any atom is 0.135 e. The van der Waals surface area contributed by atoms with Gasteiger partial charge in [0.25, 0.3) is 0 Å². The predicted octanol–water partition coefficient (Wildman–Crippen LogP) is 2.90. The SMILES string of the molecule is CC[C@H]1CN(C2CCN(C3=NN=C(N)C3)CC2)C(Cc2ccc(Cl)cc2)CO1. The fourth-order valence-electron chi connectivity index (χ4n) is 4.53. The standard InChI is InChI=1S/C21H30ClN5O/c1-2-19-13-27(18(14-28-19)11-15-3-5-16(22)6-4-15)17-7-9-26(10-8-17)21-12-20(23)24-25-21/h3-6,17-19H,2,7-14H2,1H3,(H2,23,24)/t18?,19-/m0/s1. The van der Waals surface area contributed by atoms with Crippen LogP contribution in [-0.4, -0.2) is 65.9 Å². The lowest BCUT2D eigenvalue weighted by atomic mass is 9.95. The molecule has 2 saturated heterocycles. The van der Waals surface area contributed by atoms with E-state index in [4.69, 9.17) is 22.1 Å². The fraction of sp³-hybridized carbons (Fsp3) is 0.619. The van der Waals surface area contributed by atoms with Crippen molar-refractivity contribution in [2.24, 2.45) is 15.9 Å². The van der Waals surface area contributed by atoms with Gasteiger partial charge in [0, 0.05) is 36.7 Å². The summed E-state index contributed by atoms with van der Waals surface area (Å²) in [4.78, 5) is 5.07. The van der Waals surface area contributed by atoms with Crippen molar-refractivity contribution < 1.29 is 4.74 Å². The Morgan fingerprint density at radius 2 is 1.93 bits per heavy atom. The summed E-state index contributed by atoms with van der Waals surface area (Å²) in [5.41, 5.74) is 7.11. The number of hydrogen-bond donors (Lipinski definition) is 1. The van der Waals surface area contributed by atoms with Crippen LogP contribution in [0.5, 0.6) is 0 Å². The van der Waals surface area contributed by atoms with Crippen LogP contribution in [0.2, 0.25) is 5.02 Å². The minimum atomic E-state index is 0.340. The van der Waals surface area contributed by atoms with Gasteiger partial charge in [0.2, 0.25) is 0 Å². The molecule has 3 aliphatic heterocycles. The molecule has 152 valence electrons. The van der Waals surface area contributed by atoms with Gasteiger partial charge >= 0.3 is 0 Å². The summed E-state index contributed by atoms with van der Waals surface area (Å²) in [7, 11) is 0. The van der Waals surface area contributed by atoms with Crippen molar-refractivity contribution in [2.45, 2.75) is 57.2 Å². The zero-order valence-corrected chi connectivity index (χ0v) is 17.3. The number of nitrogens with two attached hydrogens (primary N) is 1. The summed E-state index contributed by atoms with van der Waals surface area (Å²) in [6.45, 7) is 6.09. The van der Waals surface area contributed by atoms with Crippen LogP contribution in [0.4, 0.5) is 0 Å². The van der Waals surface area contributed by atoms with Crippen LogP contribution in [0.15, 0.2) is 34.5 Å². The summed E-state index contributed by atoms with van der Waals surface area (Å²) in [6, 6.07) is 9.24. The van der Waals surface area contributed by atoms with Crippen molar-refractivity contribution in [3.8, 4) is 0 Å². The summed E-state index contributed by atoms with van der Waals surface area (Å²) in [5, 5.41) is 9.02. The highest BCUT2D eigenvalue weighted by Crippen LogP contribution is 2.27. The highest BCUT2D eigenvalue weighted by Gasteiger charge is 2.35. The third-order valence-electron chi connectivity index (χ3n) is 6.18. The summed E-state index contributed by atoms with van der Waals surface area (Å²) >= 11 is 6.05. The van der Waals surface area contributed by atoms with Crippen molar-refractivity contribution in [2.75, 3.05) is 26.2 Å². The summed E-state index contributed by atoms with van der Waals surface area (Å²) < 4.78 is 6.14. The highest BCUT2D eigenvalue weighted by molar-refractivity contribution is 6.30. The van der Waals surface area contributed by atoms with Gasteiger partial charge < -0.3 is 15.4 Å². The van der Waals surface area contributed by atoms with Crippen molar-refractivity contribution in [3.63, 3.8) is 0 Å². The molecule has 1 aromatic rings. The van der Waals surface area contributed by atoms with Crippen LogP contribution in [0.25, 0.3) is 0 Å². The van der Waals surface area contributed by atoms with E-state index in [0.717, 1.165) is 62.8 Å². The Morgan fingerprint density at radius 3 is 2.57 bits per heavy atom. The largest absolute Gasteiger partial charge is 0.385 e. The highest BCUT2D eigenvalue weighted by atomic mass is 35.5. The lowest BCUT2D eigenvalue weighted by Gasteiger charge is -2.47. The first kappa shape index (κ1) is 19.7. The second kappa shape index (κ2) is 8.80. The van der Waals surface area contributed by atoms with E-state index >= 15 is 0 Å². The second-order valence-electron chi connectivity index (χ2n) is 8.05. The lowest BCUT2D eigenvalue weighted by Crippen LogP contribution is -2.57. The normalized spacial score (nSPS) is 27.0. The average molecular weight is 404 g/mol. The number of hydrogen-bond acceptors (Lipinski definition) is 6. The van der Waals surface area contributed by atoms with E-state index in [0.29, 0.717) is 30.4 Å². The fourth-order valence-corrected chi connectivity index (χ4v) is 4.65. The topological polar surface area (TPSA) is 66.5 Å². The molecule has 0 aromatic heterocycles. The van der Waals surface area contributed by atoms with E-state index in [1.165, 1.54) is 5.56 Å². The molecule has 0 amide bonds. The van der Waals surface area contributed by atoms with Crippen LogP contribution in [0.1, 0.15) is 38.2 Å². The molecule has 0 spiro atoms. The van der Waals surface area contributed by atoms with E-state index in [1.54, 1.807) is 0 Å². The molecular weight excluding hydrogens is 374 g/mol. The predicted molar refractivity (Wildman–Crippen MR) is 114 cm³/mol. The third-order valence-corrected chi connectivity index (χ3v) is 6.43. The van der Waals surface area contributed by atoms with Crippen LogP contribution in [-0.2, 0) is 11.2 Å². The number of benzene rings is 1. The first-order chi connectivity index (χ1) is 13.6. The number of rotatable bonds is 4. The van der Waals surface area contributed by atoms with Gasteiger partial charge in [-0.2, -0.15) is 0 Å². The number of likely N-dealkylation sites (tertiary alicyclic amines) is 1. The van der Waals surface area contributed by atoms with E-state index in [1.807, 2.05) is 12.1 Å². The van der Waals surface area contributed by atoms with Gasteiger partial charge in [-0.25, -0.2) is 0 Å². The van der Waals surface area contributed by atoms with Crippen molar-refractivity contribution in [3.05, 3.63) is 34.9 Å². The Morgan fingerprint density at radius 1 is 1.18 bits per heavy atom. The Hall–Kier alpha value is -1.63. The molecule has 28 heavy (non-hydrogen) atoms. The molecule has 7 heteroatoms. The molecule has 0 radical (unpaired) electrons. The zero-order chi connectivity index (χ0) is 19.5. The first-order valence-electron chi connectivity index (χ1n) is 10.4. The summed E-state index contributed by atoms with van der Waals surface area (Å²) in [5.74, 6) is 1.65. The lowest BCUT2D eigenvalue weighted by molar-refractivity contribution is -0.0857. The van der Waals surface area contributed by atoms with Crippen LogP contribution in [0.3, 0.4) is 0 Å². The molecule has 1 unspecified atom stereocenters. The molecule has 2 fully saturated rings. The molecule has 0 bridgehead atoms. The maximum absolute atomic E-state index is 6.14. The molecule has 3 heterocycles. The van der Waals surface area contributed by atoms with E-state index < -0.39 is 0 Å². The molecule has 0 saturated carbocycles. The monoisotopic (exact) mass is 403 g/mol.